The fourth-order valence-corrected chi connectivity index (χ4v) is 4.58. The molecule has 188 valence electrons. The molecule has 0 radical (unpaired) electrons. The van der Waals surface area contributed by atoms with Gasteiger partial charge in [0.15, 0.2) is 0 Å². The molecule has 0 aliphatic carbocycles. The molecule has 0 bridgehead atoms. The number of carbonyl (C=O) groups excluding carboxylic acids is 3. The lowest BCUT2D eigenvalue weighted by molar-refractivity contribution is -0.151. The SMILES string of the molecule is CC1=CC[C@@H](C(C)=Cc2csc(C)n2)OC(=O)C[C@H](O)[C@H](C)C(=O)[C@H](C)[C@@H](O)[C@@H](C)C(=O)CC1. The van der Waals surface area contributed by atoms with E-state index in [1.807, 2.05) is 38.3 Å². The Bertz CT molecular complexity index is 949. The number of thiazole rings is 1. The molecule has 8 heteroatoms. The minimum absolute atomic E-state index is 0.113. The Kier molecular flexibility index (Phi) is 10.3. The van der Waals surface area contributed by atoms with Crippen molar-refractivity contribution in [2.75, 3.05) is 0 Å². The predicted molar refractivity (Wildman–Crippen MR) is 132 cm³/mol. The standard InChI is InChI=1S/C26H37NO6S/c1-14-7-9-21(28)16(3)25(31)18(5)26(32)17(4)22(29)12-24(30)33-23(10-8-14)15(2)11-20-13-34-19(6)27-20/h8,11,13,16-18,22-23,25,29,31H,7,9-10,12H2,1-6H3/t16-,17-,18+,22-,23-,25-/m0/s1. The molecule has 1 aliphatic heterocycles. The van der Waals surface area contributed by atoms with Gasteiger partial charge in [-0.3, -0.25) is 14.4 Å². The lowest BCUT2D eigenvalue weighted by atomic mass is 9.81. The topological polar surface area (TPSA) is 114 Å². The van der Waals surface area contributed by atoms with Gasteiger partial charge in [0.1, 0.15) is 17.7 Å². The lowest BCUT2D eigenvalue weighted by Gasteiger charge is -2.27. The molecule has 1 aromatic heterocycles. The van der Waals surface area contributed by atoms with Crippen LogP contribution in [0.1, 0.15) is 71.0 Å². The minimum atomic E-state index is -1.25. The van der Waals surface area contributed by atoms with Gasteiger partial charge in [-0.25, -0.2) is 4.98 Å². The average molecular weight is 492 g/mol. The summed E-state index contributed by atoms with van der Waals surface area (Å²) in [6.45, 7) is 10.4. The van der Waals surface area contributed by atoms with E-state index in [0.29, 0.717) is 12.8 Å². The number of carbonyl (C=O) groups is 3. The molecular weight excluding hydrogens is 454 g/mol. The zero-order valence-electron chi connectivity index (χ0n) is 20.9. The summed E-state index contributed by atoms with van der Waals surface area (Å²) in [4.78, 5) is 42.6. The third-order valence-corrected chi connectivity index (χ3v) is 7.41. The molecule has 2 rings (SSSR count). The molecule has 0 saturated carbocycles. The molecule has 0 unspecified atom stereocenters. The fourth-order valence-electron chi connectivity index (χ4n) is 4.01. The molecule has 7 nitrogen and oxygen atoms in total. The lowest BCUT2D eigenvalue weighted by Crippen LogP contribution is -2.40. The number of hydrogen-bond donors (Lipinski definition) is 2. The number of aryl methyl sites for hydroxylation is 1. The van der Waals surface area contributed by atoms with Crippen LogP contribution in [0.3, 0.4) is 0 Å². The maximum Gasteiger partial charge on any atom is 0.309 e. The van der Waals surface area contributed by atoms with Crippen LogP contribution < -0.4 is 0 Å². The number of ether oxygens (including phenoxy) is 1. The van der Waals surface area contributed by atoms with Gasteiger partial charge < -0.3 is 14.9 Å². The number of ketones is 2. The van der Waals surface area contributed by atoms with Crippen molar-refractivity contribution >= 4 is 34.9 Å². The van der Waals surface area contributed by atoms with Crippen molar-refractivity contribution in [3.8, 4) is 0 Å². The Hall–Kier alpha value is -2.16. The first kappa shape index (κ1) is 28.1. The van der Waals surface area contributed by atoms with E-state index in [0.717, 1.165) is 21.8 Å². The Morgan fingerprint density at radius 2 is 1.76 bits per heavy atom. The third-order valence-electron chi connectivity index (χ3n) is 6.62. The summed E-state index contributed by atoms with van der Waals surface area (Å²) in [6.07, 6.45) is 1.70. The fraction of sp³-hybridized carbons (Fsp3) is 0.615. The Labute approximate surface area is 205 Å². The highest BCUT2D eigenvalue weighted by atomic mass is 32.1. The van der Waals surface area contributed by atoms with E-state index < -0.39 is 42.0 Å². The predicted octanol–water partition coefficient (Wildman–Crippen LogP) is 4.06. The Morgan fingerprint density at radius 1 is 1.09 bits per heavy atom. The van der Waals surface area contributed by atoms with Gasteiger partial charge in [-0.05, 0) is 38.8 Å². The van der Waals surface area contributed by atoms with Gasteiger partial charge in [-0.15, -0.1) is 11.3 Å². The highest BCUT2D eigenvalue weighted by Crippen LogP contribution is 2.25. The monoisotopic (exact) mass is 491 g/mol. The largest absolute Gasteiger partial charge is 0.457 e. The molecular formula is C26H37NO6S. The molecule has 6 atom stereocenters. The molecule has 0 spiro atoms. The summed E-state index contributed by atoms with van der Waals surface area (Å²) in [5.74, 6) is -3.53. The number of allylic oxidation sites excluding steroid dienone is 1. The summed E-state index contributed by atoms with van der Waals surface area (Å²) < 4.78 is 5.72. The van der Waals surface area contributed by atoms with Gasteiger partial charge >= 0.3 is 5.97 Å². The maximum absolute atomic E-state index is 12.8. The third kappa shape index (κ3) is 7.68. The van der Waals surface area contributed by atoms with Gasteiger partial charge in [0.2, 0.25) is 0 Å². The van der Waals surface area contributed by atoms with Crippen molar-refractivity contribution in [3.63, 3.8) is 0 Å². The summed E-state index contributed by atoms with van der Waals surface area (Å²) in [6, 6.07) is 0. The molecule has 2 N–H and O–H groups in total. The second-order valence-corrected chi connectivity index (χ2v) is 10.5. The first-order chi connectivity index (χ1) is 15.9. The van der Waals surface area contributed by atoms with Gasteiger partial charge in [-0.1, -0.05) is 32.4 Å². The van der Waals surface area contributed by atoms with Crippen LogP contribution in [0.4, 0.5) is 0 Å². The molecule has 0 amide bonds. The summed E-state index contributed by atoms with van der Waals surface area (Å²) in [7, 11) is 0. The van der Waals surface area contributed by atoms with Crippen LogP contribution in [-0.2, 0) is 19.1 Å². The van der Waals surface area contributed by atoms with Gasteiger partial charge in [-0.2, -0.15) is 0 Å². The molecule has 0 saturated heterocycles. The molecule has 1 aromatic rings. The first-order valence-electron chi connectivity index (χ1n) is 11.8. The van der Waals surface area contributed by atoms with Crippen LogP contribution in [0.5, 0.6) is 0 Å². The van der Waals surface area contributed by atoms with Crippen LogP contribution in [0.25, 0.3) is 6.08 Å². The van der Waals surface area contributed by atoms with E-state index >= 15 is 0 Å². The normalized spacial score (nSPS) is 31.2. The van der Waals surface area contributed by atoms with E-state index in [4.69, 9.17) is 4.74 Å². The maximum atomic E-state index is 12.8. The number of aliphatic hydroxyl groups is 2. The Balaban J connectivity index is 2.33. The van der Waals surface area contributed by atoms with Crippen molar-refractivity contribution in [1.29, 1.82) is 0 Å². The van der Waals surface area contributed by atoms with Crippen molar-refractivity contribution in [2.24, 2.45) is 17.8 Å². The number of nitrogens with zero attached hydrogens (tertiary/aromatic N) is 1. The van der Waals surface area contributed by atoms with Crippen LogP contribution in [-0.4, -0.2) is 51.0 Å². The quantitative estimate of drug-likeness (QED) is 0.474. The highest BCUT2D eigenvalue weighted by Gasteiger charge is 2.36. The first-order valence-corrected chi connectivity index (χ1v) is 12.7. The Morgan fingerprint density at radius 3 is 2.38 bits per heavy atom. The molecule has 0 fully saturated rings. The van der Waals surface area contributed by atoms with Crippen molar-refractivity contribution in [1.82, 2.24) is 4.98 Å². The minimum Gasteiger partial charge on any atom is -0.457 e. The second-order valence-electron chi connectivity index (χ2n) is 9.44. The summed E-state index contributed by atoms with van der Waals surface area (Å²) >= 11 is 1.53. The summed E-state index contributed by atoms with van der Waals surface area (Å²) in [5, 5.41) is 24.0. The van der Waals surface area contributed by atoms with Crippen LogP contribution >= 0.6 is 11.3 Å². The van der Waals surface area contributed by atoms with E-state index in [9.17, 15) is 24.6 Å². The van der Waals surface area contributed by atoms with Crippen molar-refractivity contribution in [3.05, 3.63) is 33.3 Å². The number of esters is 1. The van der Waals surface area contributed by atoms with Crippen molar-refractivity contribution in [2.45, 2.75) is 85.5 Å². The number of cyclic esters (lactones) is 1. The van der Waals surface area contributed by atoms with E-state index in [1.54, 1.807) is 13.8 Å². The number of aromatic nitrogens is 1. The van der Waals surface area contributed by atoms with Crippen LogP contribution in [0.2, 0.25) is 0 Å². The molecule has 2 heterocycles. The smallest absolute Gasteiger partial charge is 0.309 e. The summed E-state index contributed by atoms with van der Waals surface area (Å²) in [5.41, 5.74) is 2.57. The van der Waals surface area contributed by atoms with E-state index in [1.165, 1.54) is 18.3 Å². The highest BCUT2D eigenvalue weighted by molar-refractivity contribution is 7.09. The van der Waals surface area contributed by atoms with Gasteiger partial charge in [0.05, 0.1) is 29.3 Å². The zero-order valence-corrected chi connectivity index (χ0v) is 21.7. The average Bonchev–Trinajstić information content (AvgIpc) is 3.20. The number of rotatable bonds is 2. The molecule has 34 heavy (non-hydrogen) atoms. The molecule has 0 aromatic carbocycles. The van der Waals surface area contributed by atoms with Gasteiger partial charge in [0.25, 0.3) is 0 Å². The second kappa shape index (κ2) is 12.5. The number of Topliss-reactive ketones (excluding diaryl/α,β-unsaturated/α-hetero) is 2. The number of aliphatic hydroxyl groups excluding tert-OH is 2. The zero-order chi connectivity index (χ0) is 25.6. The van der Waals surface area contributed by atoms with Crippen LogP contribution in [0, 0.1) is 24.7 Å². The molecule has 1 aliphatic rings. The van der Waals surface area contributed by atoms with Crippen LogP contribution in [0.15, 0.2) is 22.6 Å². The van der Waals surface area contributed by atoms with Crippen molar-refractivity contribution < 1.29 is 29.3 Å². The number of hydrogen-bond acceptors (Lipinski definition) is 8. The van der Waals surface area contributed by atoms with E-state index in [2.05, 4.69) is 4.98 Å². The van der Waals surface area contributed by atoms with E-state index in [-0.39, 0.29) is 24.4 Å². The van der Waals surface area contributed by atoms with Gasteiger partial charge in [0, 0.05) is 36.0 Å².